The first kappa shape index (κ1) is 32.9. The van der Waals surface area contributed by atoms with Gasteiger partial charge in [-0.05, 0) is 61.7 Å². The van der Waals surface area contributed by atoms with Crippen molar-refractivity contribution in [3.8, 4) is 0 Å². The number of carbonyl (C=O) groups is 2. The summed E-state index contributed by atoms with van der Waals surface area (Å²) >= 11 is 16.4. The van der Waals surface area contributed by atoms with Gasteiger partial charge in [0.25, 0.3) is 0 Å². The zero-order valence-corrected chi connectivity index (χ0v) is 27.3. The lowest BCUT2D eigenvalue weighted by Gasteiger charge is -2.34. The summed E-state index contributed by atoms with van der Waals surface area (Å²) in [7, 11) is -3.88. The summed E-state index contributed by atoms with van der Waals surface area (Å²) in [5.74, 6) is -0.933. The van der Waals surface area contributed by atoms with Crippen molar-refractivity contribution in [1.82, 2.24) is 10.2 Å². The monoisotopic (exact) mass is 681 g/mol. The van der Waals surface area contributed by atoms with Gasteiger partial charge in [0.05, 0.1) is 11.9 Å². The first-order valence-corrected chi connectivity index (χ1v) is 16.5. The summed E-state index contributed by atoms with van der Waals surface area (Å²) in [5, 5.41) is 3.66. The molecule has 3 aromatic carbocycles. The molecule has 0 heterocycles. The maximum absolute atomic E-state index is 14.2. The summed E-state index contributed by atoms with van der Waals surface area (Å²) < 4.78 is 27.8. The predicted molar refractivity (Wildman–Crippen MR) is 170 cm³/mol. The van der Waals surface area contributed by atoms with Crippen molar-refractivity contribution in [2.45, 2.75) is 52.2 Å². The van der Waals surface area contributed by atoms with Crippen LogP contribution in [0.5, 0.6) is 0 Å². The molecule has 1 N–H and O–H groups in total. The molecule has 0 fully saturated rings. The highest BCUT2D eigenvalue weighted by Crippen LogP contribution is 2.29. The Morgan fingerprint density at radius 1 is 1.00 bits per heavy atom. The van der Waals surface area contributed by atoms with Gasteiger partial charge in [0, 0.05) is 39.1 Å². The van der Waals surface area contributed by atoms with Gasteiger partial charge in [0.2, 0.25) is 21.8 Å². The summed E-state index contributed by atoms with van der Waals surface area (Å²) in [6.45, 7) is 5.05. The van der Waals surface area contributed by atoms with E-state index in [0.717, 1.165) is 26.2 Å². The van der Waals surface area contributed by atoms with Gasteiger partial charge < -0.3 is 10.2 Å². The van der Waals surface area contributed by atoms with Crippen molar-refractivity contribution >= 4 is 66.7 Å². The summed E-state index contributed by atoms with van der Waals surface area (Å²) in [6.07, 6.45) is 1.94. The number of nitrogens with one attached hydrogen (secondary N) is 1. The fraction of sp³-hybridized carbons (Fsp3) is 0.333. The minimum absolute atomic E-state index is 0.0975. The third-order valence-electron chi connectivity index (χ3n) is 6.77. The zero-order valence-electron chi connectivity index (χ0n) is 23.4. The van der Waals surface area contributed by atoms with Gasteiger partial charge in [-0.2, -0.15) is 0 Å². The quantitative estimate of drug-likeness (QED) is 0.240. The fourth-order valence-electron chi connectivity index (χ4n) is 4.25. The van der Waals surface area contributed by atoms with E-state index in [4.69, 9.17) is 23.2 Å². The van der Waals surface area contributed by atoms with Gasteiger partial charge in [-0.15, -0.1) is 0 Å². The molecule has 0 aliphatic rings. The lowest BCUT2D eigenvalue weighted by atomic mass is 10.0. The minimum Gasteiger partial charge on any atom is -0.352 e. The molecular formula is C30H34BrCl2N3O4S. The van der Waals surface area contributed by atoms with Gasteiger partial charge in [-0.25, -0.2) is 8.42 Å². The van der Waals surface area contributed by atoms with Crippen molar-refractivity contribution in [3.05, 3.63) is 97.9 Å². The Kier molecular flexibility index (Phi) is 11.7. The number of carbonyl (C=O) groups excluding carboxylic acids is 2. The first-order chi connectivity index (χ1) is 19.3. The van der Waals surface area contributed by atoms with Crippen molar-refractivity contribution < 1.29 is 18.0 Å². The lowest BCUT2D eigenvalue weighted by Crippen LogP contribution is -2.54. The molecule has 0 unspecified atom stereocenters. The van der Waals surface area contributed by atoms with Gasteiger partial charge in [0.15, 0.2) is 0 Å². The average molecular weight is 683 g/mol. The average Bonchev–Trinajstić information content (AvgIpc) is 2.92. The largest absolute Gasteiger partial charge is 0.352 e. The number of benzene rings is 3. The topological polar surface area (TPSA) is 86.8 Å². The lowest BCUT2D eigenvalue weighted by molar-refractivity contribution is -0.140. The molecule has 11 heteroatoms. The van der Waals surface area contributed by atoms with Gasteiger partial charge in [0.1, 0.15) is 12.6 Å². The molecule has 220 valence electrons. The number of nitrogens with zero attached hydrogens (tertiary/aromatic N) is 2. The highest BCUT2D eigenvalue weighted by atomic mass is 79.9. The molecule has 0 saturated heterocycles. The van der Waals surface area contributed by atoms with Crippen LogP contribution >= 0.6 is 39.1 Å². The molecule has 0 spiro atoms. The van der Waals surface area contributed by atoms with Crippen molar-refractivity contribution in [1.29, 1.82) is 0 Å². The maximum atomic E-state index is 14.2. The van der Waals surface area contributed by atoms with E-state index in [-0.39, 0.29) is 24.9 Å². The second-order valence-electron chi connectivity index (χ2n) is 9.95. The smallest absolute Gasteiger partial charge is 0.244 e. The molecule has 2 atom stereocenters. The van der Waals surface area contributed by atoms with E-state index in [2.05, 4.69) is 21.2 Å². The van der Waals surface area contributed by atoms with E-state index in [1.807, 2.05) is 51.1 Å². The van der Waals surface area contributed by atoms with Crippen LogP contribution in [0.1, 0.15) is 37.0 Å². The highest BCUT2D eigenvalue weighted by Gasteiger charge is 2.34. The van der Waals surface area contributed by atoms with E-state index in [1.54, 1.807) is 36.4 Å². The molecule has 0 aliphatic heterocycles. The third kappa shape index (κ3) is 8.95. The second-order valence-corrected chi connectivity index (χ2v) is 13.5. The van der Waals surface area contributed by atoms with Crippen molar-refractivity contribution in [2.75, 3.05) is 17.1 Å². The molecule has 0 bridgehead atoms. The van der Waals surface area contributed by atoms with Crippen LogP contribution in [0.2, 0.25) is 10.0 Å². The van der Waals surface area contributed by atoms with E-state index >= 15 is 0 Å². The molecule has 0 radical (unpaired) electrons. The third-order valence-corrected chi connectivity index (χ3v) is 9.51. The van der Waals surface area contributed by atoms with Crippen LogP contribution in [-0.4, -0.2) is 50.0 Å². The molecule has 3 rings (SSSR count). The Morgan fingerprint density at radius 2 is 1.63 bits per heavy atom. The van der Waals surface area contributed by atoms with E-state index in [9.17, 15) is 18.0 Å². The van der Waals surface area contributed by atoms with Gasteiger partial charge in [-0.1, -0.05) is 82.5 Å². The number of halogens is 3. The number of amides is 2. The SMILES string of the molecule is CC[C@@H](C)NC(=O)[C@H](Cc1ccccc1)N(Cc1c(Cl)cccc1Cl)C(=O)CN(c1ccc(Br)c(C)c1)S(C)(=O)=O. The summed E-state index contributed by atoms with van der Waals surface area (Å²) in [5.41, 5.74) is 2.44. The van der Waals surface area contributed by atoms with Crippen molar-refractivity contribution in [3.63, 3.8) is 0 Å². The number of anilines is 1. The normalized spacial score (nSPS) is 12.9. The van der Waals surface area contributed by atoms with Crippen LogP contribution in [-0.2, 0) is 32.6 Å². The molecule has 2 amide bonds. The molecule has 3 aromatic rings. The Labute approximate surface area is 261 Å². The standard InChI is InChI=1S/C30H34BrCl2N3O4S/c1-5-21(3)34-30(38)28(17-22-10-7-6-8-11-22)35(18-24-26(32)12-9-13-27(24)33)29(37)19-36(41(4,39)40)23-14-15-25(31)20(2)16-23/h6-16,21,28H,5,17-19H2,1-4H3,(H,34,38)/t21-,28+/m1/s1. The summed E-state index contributed by atoms with van der Waals surface area (Å²) in [4.78, 5) is 29.3. The number of sulfonamides is 1. The number of rotatable bonds is 12. The number of hydrogen-bond donors (Lipinski definition) is 1. The Balaban J connectivity index is 2.12. The minimum atomic E-state index is -3.88. The fourth-order valence-corrected chi connectivity index (χ4v) is 5.85. The Morgan fingerprint density at radius 3 is 2.20 bits per heavy atom. The molecule has 0 aromatic heterocycles. The Hall–Kier alpha value is -2.59. The first-order valence-electron chi connectivity index (χ1n) is 13.1. The molecular weight excluding hydrogens is 649 g/mol. The van der Waals surface area contributed by atoms with Crippen LogP contribution in [0.25, 0.3) is 0 Å². The molecule has 7 nitrogen and oxygen atoms in total. The molecule has 0 aliphatic carbocycles. The Bertz CT molecular complexity index is 1470. The van der Waals surface area contributed by atoms with Crippen LogP contribution in [0.15, 0.2) is 71.2 Å². The van der Waals surface area contributed by atoms with E-state index in [0.29, 0.717) is 27.7 Å². The van der Waals surface area contributed by atoms with Gasteiger partial charge in [-0.3, -0.25) is 13.9 Å². The predicted octanol–water partition coefficient (Wildman–Crippen LogP) is 6.39. The second kappa shape index (κ2) is 14.5. The van der Waals surface area contributed by atoms with E-state index in [1.165, 1.54) is 4.90 Å². The van der Waals surface area contributed by atoms with Crippen LogP contribution in [0, 0.1) is 6.92 Å². The van der Waals surface area contributed by atoms with Gasteiger partial charge >= 0.3 is 0 Å². The molecule has 41 heavy (non-hydrogen) atoms. The number of hydrogen-bond acceptors (Lipinski definition) is 4. The maximum Gasteiger partial charge on any atom is 0.244 e. The van der Waals surface area contributed by atoms with Crippen LogP contribution in [0.3, 0.4) is 0 Å². The highest BCUT2D eigenvalue weighted by molar-refractivity contribution is 9.10. The number of aryl methyl sites for hydroxylation is 1. The summed E-state index contributed by atoms with van der Waals surface area (Å²) in [6, 6.07) is 18.3. The van der Waals surface area contributed by atoms with Crippen LogP contribution < -0.4 is 9.62 Å². The zero-order chi connectivity index (χ0) is 30.3. The van der Waals surface area contributed by atoms with Crippen molar-refractivity contribution in [2.24, 2.45) is 0 Å². The van der Waals surface area contributed by atoms with E-state index < -0.39 is 28.5 Å². The van der Waals surface area contributed by atoms with Crippen LogP contribution in [0.4, 0.5) is 5.69 Å². The molecule has 0 saturated carbocycles.